The lowest BCUT2D eigenvalue weighted by molar-refractivity contribution is -0.117. The van der Waals surface area contributed by atoms with E-state index in [0.29, 0.717) is 5.56 Å². The Morgan fingerprint density at radius 2 is 2.58 bits per heavy atom. The van der Waals surface area contributed by atoms with E-state index in [1.165, 1.54) is 0 Å². The van der Waals surface area contributed by atoms with Crippen molar-refractivity contribution in [3.8, 4) is 0 Å². The van der Waals surface area contributed by atoms with Crippen LogP contribution < -0.4 is 5.73 Å². The average molecular weight is 188 g/mol. The Kier molecular flexibility index (Phi) is 2.70. The highest BCUT2D eigenvalue weighted by Crippen LogP contribution is 2.18. The first kappa shape index (κ1) is 9.06. The Morgan fingerprint density at radius 1 is 1.92 bits per heavy atom. The third-order valence-electron chi connectivity index (χ3n) is 1.52. The van der Waals surface area contributed by atoms with Crippen LogP contribution in [0.1, 0.15) is 17.9 Å². The maximum atomic E-state index is 10.7. The van der Waals surface area contributed by atoms with E-state index in [2.05, 4.69) is 5.10 Å². The summed E-state index contributed by atoms with van der Waals surface area (Å²) in [5.74, 6) is -0.549. The molecule has 0 fully saturated rings. The Bertz CT molecular complexity index is 284. The molecule has 4 nitrogen and oxygen atoms in total. The van der Waals surface area contributed by atoms with Crippen LogP contribution in [0.15, 0.2) is 12.4 Å². The molecule has 0 aliphatic heterocycles. The molecule has 1 aromatic rings. The average Bonchev–Trinajstić information content (AvgIpc) is 2.50. The normalized spacial score (nSPS) is 12.8. The fraction of sp³-hybridized carbons (Fsp3) is 0.429. The molecule has 0 aliphatic rings. The highest BCUT2D eigenvalue weighted by molar-refractivity contribution is 6.30. The van der Waals surface area contributed by atoms with E-state index in [4.69, 9.17) is 17.3 Å². The summed E-state index contributed by atoms with van der Waals surface area (Å²) in [7, 11) is 0. The van der Waals surface area contributed by atoms with Crippen LogP contribution in [0.2, 0.25) is 0 Å². The number of alkyl halides is 1. The SMILES string of the molecule is CCn1cc(C(Cl)C(N)=O)cn1. The van der Waals surface area contributed by atoms with Crippen molar-refractivity contribution in [2.24, 2.45) is 5.73 Å². The van der Waals surface area contributed by atoms with Crippen LogP contribution in [0.3, 0.4) is 0 Å². The minimum absolute atomic E-state index is 0.549. The molecule has 1 aromatic heterocycles. The number of hydrogen-bond donors (Lipinski definition) is 1. The molecule has 0 aromatic carbocycles. The summed E-state index contributed by atoms with van der Waals surface area (Å²) in [5.41, 5.74) is 5.66. The Labute approximate surface area is 75.3 Å². The van der Waals surface area contributed by atoms with Gasteiger partial charge in [-0.15, -0.1) is 11.6 Å². The van der Waals surface area contributed by atoms with Gasteiger partial charge >= 0.3 is 0 Å². The highest BCUT2D eigenvalue weighted by Gasteiger charge is 2.15. The van der Waals surface area contributed by atoms with E-state index in [-0.39, 0.29) is 0 Å². The van der Waals surface area contributed by atoms with E-state index < -0.39 is 11.3 Å². The van der Waals surface area contributed by atoms with E-state index >= 15 is 0 Å². The number of primary amides is 1. The number of nitrogens with two attached hydrogens (primary N) is 1. The van der Waals surface area contributed by atoms with Crippen LogP contribution in [-0.4, -0.2) is 15.7 Å². The summed E-state index contributed by atoms with van der Waals surface area (Å²) in [4.78, 5) is 10.7. The summed E-state index contributed by atoms with van der Waals surface area (Å²) < 4.78 is 1.69. The van der Waals surface area contributed by atoms with Crippen molar-refractivity contribution < 1.29 is 4.79 Å². The molecule has 0 saturated carbocycles. The Morgan fingerprint density at radius 3 is 3.00 bits per heavy atom. The van der Waals surface area contributed by atoms with Crippen LogP contribution in [-0.2, 0) is 11.3 Å². The van der Waals surface area contributed by atoms with Gasteiger partial charge < -0.3 is 5.73 Å². The molecule has 1 unspecified atom stereocenters. The molecule has 0 aliphatic carbocycles. The highest BCUT2D eigenvalue weighted by atomic mass is 35.5. The molecule has 0 radical (unpaired) electrons. The van der Waals surface area contributed by atoms with Crippen LogP contribution in [0.5, 0.6) is 0 Å². The predicted molar refractivity (Wildman–Crippen MR) is 45.7 cm³/mol. The smallest absolute Gasteiger partial charge is 0.240 e. The standard InChI is InChI=1S/C7H10ClN3O/c1-2-11-4-5(3-10-11)6(8)7(9)12/h3-4,6H,2H2,1H3,(H2,9,12). The number of carbonyl (C=O) groups excluding carboxylic acids is 1. The van der Waals surface area contributed by atoms with Crippen molar-refractivity contribution in [3.05, 3.63) is 18.0 Å². The molecular formula is C7H10ClN3O. The van der Waals surface area contributed by atoms with Gasteiger partial charge in [-0.05, 0) is 6.92 Å². The molecule has 5 heteroatoms. The van der Waals surface area contributed by atoms with Crippen molar-refractivity contribution in [2.45, 2.75) is 18.8 Å². The summed E-state index contributed by atoms with van der Waals surface area (Å²) in [6.07, 6.45) is 3.26. The molecule has 66 valence electrons. The number of halogens is 1. The van der Waals surface area contributed by atoms with Gasteiger partial charge in [0.1, 0.15) is 5.38 Å². The fourth-order valence-corrected chi connectivity index (χ4v) is 0.960. The number of aryl methyl sites for hydroxylation is 1. The van der Waals surface area contributed by atoms with Gasteiger partial charge in [-0.25, -0.2) is 0 Å². The molecule has 0 bridgehead atoms. The van der Waals surface area contributed by atoms with E-state index in [1.807, 2.05) is 6.92 Å². The Balaban J connectivity index is 2.81. The third kappa shape index (κ3) is 1.76. The molecule has 2 N–H and O–H groups in total. The second-order valence-corrected chi connectivity index (χ2v) is 2.83. The lowest BCUT2D eigenvalue weighted by atomic mass is 10.2. The van der Waals surface area contributed by atoms with Crippen LogP contribution in [0, 0.1) is 0 Å². The van der Waals surface area contributed by atoms with Gasteiger partial charge in [-0.3, -0.25) is 9.48 Å². The molecule has 12 heavy (non-hydrogen) atoms. The van der Waals surface area contributed by atoms with E-state index in [0.717, 1.165) is 6.54 Å². The van der Waals surface area contributed by atoms with Crippen LogP contribution >= 0.6 is 11.6 Å². The first-order valence-corrected chi connectivity index (χ1v) is 4.04. The summed E-state index contributed by atoms with van der Waals surface area (Å²) in [6, 6.07) is 0. The largest absolute Gasteiger partial charge is 0.368 e. The lowest BCUT2D eigenvalue weighted by Gasteiger charge is -1.99. The van der Waals surface area contributed by atoms with Gasteiger partial charge in [0.25, 0.3) is 0 Å². The van der Waals surface area contributed by atoms with Crippen LogP contribution in [0.4, 0.5) is 0 Å². The maximum absolute atomic E-state index is 10.7. The van der Waals surface area contributed by atoms with Gasteiger partial charge in [0.2, 0.25) is 5.91 Å². The number of carbonyl (C=O) groups is 1. The first-order valence-electron chi connectivity index (χ1n) is 3.61. The van der Waals surface area contributed by atoms with Crippen molar-refractivity contribution >= 4 is 17.5 Å². The summed E-state index contributed by atoms with van der Waals surface area (Å²) >= 11 is 5.68. The van der Waals surface area contributed by atoms with Crippen molar-refractivity contribution in [1.82, 2.24) is 9.78 Å². The molecule has 1 rings (SSSR count). The molecule has 1 atom stereocenters. The zero-order chi connectivity index (χ0) is 9.14. The Hall–Kier alpha value is -1.03. The number of hydrogen-bond acceptors (Lipinski definition) is 2. The number of amides is 1. The number of aromatic nitrogens is 2. The molecule has 1 heterocycles. The van der Waals surface area contributed by atoms with Gasteiger partial charge in [0.15, 0.2) is 0 Å². The maximum Gasteiger partial charge on any atom is 0.240 e. The minimum atomic E-state index is -0.773. The van der Waals surface area contributed by atoms with Crippen LogP contribution in [0.25, 0.3) is 0 Å². The van der Waals surface area contributed by atoms with Gasteiger partial charge in [0.05, 0.1) is 6.20 Å². The van der Waals surface area contributed by atoms with Gasteiger partial charge in [-0.1, -0.05) is 0 Å². The monoisotopic (exact) mass is 187 g/mol. The minimum Gasteiger partial charge on any atom is -0.368 e. The summed E-state index contributed by atoms with van der Waals surface area (Å²) in [6.45, 7) is 2.70. The molecule has 0 saturated heterocycles. The van der Waals surface area contributed by atoms with Crippen molar-refractivity contribution in [2.75, 3.05) is 0 Å². The first-order chi connectivity index (χ1) is 5.65. The molecule has 0 spiro atoms. The molecular weight excluding hydrogens is 178 g/mol. The molecule has 1 amide bonds. The topological polar surface area (TPSA) is 60.9 Å². The van der Waals surface area contributed by atoms with E-state index in [9.17, 15) is 4.79 Å². The zero-order valence-corrected chi connectivity index (χ0v) is 7.45. The fourth-order valence-electron chi connectivity index (χ4n) is 0.848. The second kappa shape index (κ2) is 3.58. The second-order valence-electron chi connectivity index (χ2n) is 2.39. The zero-order valence-electron chi connectivity index (χ0n) is 6.70. The third-order valence-corrected chi connectivity index (χ3v) is 1.99. The number of rotatable bonds is 3. The van der Waals surface area contributed by atoms with Gasteiger partial charge in [-0.2, -0.15) is 5.10 Å². The lowest BCUT2D eigenvalue weighted by Crippen LogP contribution is -2.16. The quantitative estimate of drug-likeness (QED) is 0.707. The summed E-state index contributed by atoms with van der Waals surface area (Å²) in [5, 5.41) is 3.19. The predicted octanol–water partition coefficient (Wildman–Crippen LogP) is 0.668. The van der Waals surface area contributed by atoms with Crippen molar-refractivity contribution in [1.29, 1.82) is 0 Å². The van der Waals surface area contributed by atoms with Gasteiger partial charge in [0, 0.05) is 18.3 Å². The van der Waals surface area contributed by atoms with Crippen molar-refractivity contribution in [3.63, 3.8) is 0 Å². The van der Waals surface area contributed by atoms with E-state index in [1.54, 1.807) is 17.1 Å². The number of nitrogens with zero attached hydrogens (tertiary/aromatic N) is 2.